The molecule has 1 N–H and O–H groups in total. The average molecular weight is 359 g/mol. The lowest BCUT2D eigenvalue weighted by atomic mass is 10.2. The van der Waals surface area contributed by atoms with Gasteiger partial charge in [0, 0.05) is 19.8 Å². The summed E-state index contributed by atoms with van der Waals surface area (Å²) in [5.74, 6) is -2.42. The van der Waals surface area contributed by atoms with E-state index in [1.54, 1.807) is 31.4 Å². The Labute approximate surface area is 146 Å². The summed E-state index contributed by atoms with van der Waals surface area (Å²) in [6.07, 6.45) is 1.59. The third kappa shape index (κ3) is 3.37. The van der Waals surface area contributed by atoms with E-state index in [1.807, 2.05) is 0 Å². The largest absolute Gasteiger partial charge is 0.350 e. The van der Waals surface area contributed by atoms with Crippen LogP contribution in [0.2, 0.25) is 0 Å². The van der Waals surface area contributed by atoms with E-state index in [-0.39, 0.29) is 13.1 Å². The summed E-state index contributed by atoms with van der Waals surface area (Å²) in [5, 5.41) is 6.57. The lowest BCUT2D eigenvalue weighted by molar-refractivity contribution is 0.0943. The van der Waals surface area contributed by atoms with Crippen LogP contribution in [0.25, 0.3) is 11.5 Å². The second-order valence-corrected chi connectivity index (χ2v) is 5.46. The highest BCUT2D eigenvalue weighted by Crippen LogP contribution is 2.12. The maximum absolute atomic E-state index is 13.6. The molecule has 0 spiro atoms. The quantitative estimate of drug-likeness (QED) is 0.746. The molecule has 0 atom stereocenters. The van der Waals surface area contributed by atoms with E-state index in [9.17, 15) is 18.4 Å². The minimum Gasteiger partial charge on any atom is -0.350 e. The number of aromatic nitrogens is 4. The minimum absolute atomic E-state index is 0.0226. The highest BCUT2D eigenvalue weighted by Gasteiger charge is 2.17. The number of benzene rings is 1. The topological polar surface area (TPSA) is 81.8 Å². The van der Waals surface area contributed by atoms with Crippen LogP contribution in [0, 0.1) is 11.6 Å². The summed E-state index contributed by atoms with van der Waals surface area (Å²) < 4.78 is 29.6. The van der Waals surface area contributed by atoms with Gasteiger partial charge < -0.3 is 5.32 Å². The first-order chi connectivity index (χ1) is 12.5. The highest BCUT2D eigenvalue weighted by atomic mass is 19.1. The van der Waals surface area contributed by atoms with Crippen molar-refractivity contribution in [3.8, 4) is 11.5 Å². The average Bonchev–Trinajstić information content (AvgIpc) is 2.91. The molecule has 0 saturated carbocycles. The summed E-state index contributed by atoms with van der Waals surface area (Å²) in [6, 6.07) is 8.41. The second-order valence-electron chi connectivity index (χ2n) is 5.46. The van der Waals surface area contributed by atoms with E-state index in [1.165, 1.54) is 10.6 Å². The van der Waals surface area contributed by atoms with Crippen molar-refractivity contribution in [1.82, 2.24) is 24.6 Å². The molecule has 0 unspecified atom stereocenters. The molecule has 2 heterocycles. The SMILES string of the molecule is Cn1c(-c2ccccn2)nn(CCNC(=O)c2c(F)cccc2F)c1=O. The lowest BCUT2D eigenvalue weighted by Crippen LogP contribution is -2.32. The number of nitrogens with zero attached hydrogens (tertiary/aromatic N) is 4. The van der Waals surface area contributed by atoms with E-state index in [0.717, 1.165) is 16.8 Å². The van der Waals surface area contributed by atoms with Crippen molar-refractivity contribution in [1.29, 1.82) is 0 Å². The smallest absolute Gasteiger partial charge is 0.346 e. The zero-order chi connectivity index (χ0) is 18.7. The number of hydrogen-bond donors (Lipinski definition) is 1. The number of pyridine rings is 1. The predicted molar refractivity (Wildman–Crippen MR) is 89.4 cm³/mol. The van der Waals surface area contributed by atoms with Gasteiger partial charge in [-0.3, -0.25) is 14.3 Å². The molecule has 0 saturated heterocycles. The van der Waals surface area contributed by atoms with E-state index in [2.05, 4.69) is 15.4 Å². The standard InChI is InChI=1S/C17H15F2N5O2/c1-23-15(13-7-2-3-8-20-13)22-24(17(23)26)10-9-21-16(25)14-11(18)5-4-6-12(14)19/h2-8H,9-10H2,1H3,(H,21,25). The van der Waals surface area contributed by atoms with Crippen molar-refractivity contribution in [2.75, 3.05) is 6.54 Å². The first-order valence-corrected chi connectivity index (χ1v) is 7.76. The van der Waals surface area contributed by atoms with Crippen molar-refractivity contribution < 1.29 is 13.6 Å². The van der Waals surface area contributed by atoms with Gasteiger partial charge in [0.2, 0.25) is 0 Å². The van der Waals surface area contributed by atoms with Gasteiger partial charge in [0.25, 0.3) is 5.91 Å². The molecule has 134 valence electrons. The molecule has 0 aliphatic rings. The Morgan fingerprint density at radius 2 is 1.88 bits per heavy atom. The Balaban J connectivity index is 1.71. The predicted octanol–water partition coefficient (Wildman–Crippen LogP) is 1.35. The molecule has 0 radical (unpaired) electrons. The van der Waals surface area contributed by atoms with Gasteiger partial charge in [-0.2, -0.15) is 0 Å². The van der Waals surface area contributed by atoms with E-state index < -0.39 is 28.8 Å². The van der Waals surface area contributed by atoms with Crippen molar-refractivity contribution in [2.24, 2.45) is 7.05 Å². The van der Waals surface area contributed by atoms with Gasteiger partial charge in [0.15, 0.2) is 5.82 Å². The number of carbonyl (C=O) groups excluding carboxylic acids is 1. The van der Waals surface area contributed by atoms with Crippen LogP contribution in [-0.2, 0) is 13.6 Å². The van der Waals surface area contributed by atoms with Crippen LogP contribution in [0.4, 0.5) is 8.78 Å². The number of rotatable bonds is 5. The maximum Gasteiger partial charge on any atom is 0.346 e. The summed E-state index contributed by atoms with van der Waals surface area (Å²) in [5.41, 5.74) is -0.518. The second kappa shape index (κ2) is 7.26. The molecule has 26 heavy (non-hydrogen) atoms. The Morgan fingerprint density at radius 3 is 2.54 bits per heavy atom. The molecule has 1 amide bonds. The number of hydrogen-bond acceptors (Lipinski definition) is 4. The molecule has 7 nitrogen and oxygen atoms in total. The van der Waals surface area contributed by atoms with E-state index >= 15 is 0 Å². The van der Waals surface area contributed by atoms with Crippen LogP contribution in [0.5, 0.6) is 0 Å². The normalized spacial score (nSPS) is 10.7. The molecule has 0 aliphatic heterocycles. The fourth-order valence-corrected chi connectivity index (χ4v) is 2.43. The van der Waals surface area contributed by atoms with Crippen LogP contribution < -0.4 is 11.0 Å². The lowest BCUT2D eigenvalue weighted by Gasteiger charge is -2.06. The molecule has 0 aliphatic carbocycles. The Morgan fingerprint density at radius 1 is 1.15 bits per heavy atom. The molecule has 3 aromatic rings. The van der Waals surface area contributed by atoms with Gasteiger partial charge in [-0.1, -0.05) is 12.1 Å². The highest BCUT2D eigenvalue weighted by molar-refractivity contribution is 5.94. The Hall–Kier alpha value is -3.36. The first-order valence-electron chi connectivity index (χ1n) is 7.76. The van der Waals surface area contributed by atoms with Crippen molar-refractivity contribution in [3.63, 3.8) is 0 Å². The van der Waals surface area contributed by atoms with Crippen molar-refractivity contribution in [2.45, 2.75) is 6.54 Å². The van der Waals surface area contributed by atoms with Gasteiger partial charge in [-0.05, 0) is 24.3 Å². The van der Waals surface area contributed by atoms with Crippen LogP contribution in [0.3, 0.4) is 0 Å². The van der Waals surface area contributed by atoms with Crippen molar-refractivity contribution in [3.05, 3.63) is 70.3 Å². The zero-order valence-electron chi connectivity index (χ0n) is 13.8. The summed E-state index contributed by atoms with van der Waals surface area (Å²) in [6.45, 7) is 0.0203. The number of amides is 1. The van der Waals surface area contributed by atoms with Gasteiger partial charge in [0.05, 0.1) is 6.54 Å². The monoisotopic (exact) mass is 359 g/mol. The summed E-state index contributed by atoms with van der Waals surface area (Å²) in [4.78, 5) is 28.3. The van der Waals surface area contributed by atoms with Crippen molar-refractivity contribution >= 4 is 5.91 Å². The van der Waals surface area contributed by atoms with Gasteiger partial charge in [-0.25, -0.2) is 18.3 Å². The van der Waals surface area contributed by atoms with Gasteiger partial charge in [-0.15, -0.1) is 5.10 Å². The van der Waals surface area contributed by atoms with Gasteiger partial charge >= 0.3 is 5.69 Å². The van der Waals surface area contributed by atoms with Crippen LogP contribution >= 0.6 is 0 Å². The molecular formula is C17H15F2N5O2. The number of halogens is 2. The third-order valence-corrected chi connectivity index (χ3v) is 3.73. The summed E-state index contributed by atoms with van der Waals surface area (Å²) >= 11 is 0. The third-order valence-electron chi connectivity index (χ3n) is 3.73. The van der Waals surface area contributed by atoms with E-state index in [4.69, 9.17) is 0 Å². The van der Waals surface area contributed by atoms with Gasteiger partial charge in [0.1, 0.15) is 22.9 Å². The minimum atomic E-state index is -0.949. The maximum atomic E-state index is 13.6. The zero-order valence-corrected chi connectivity index (χ0v) is 13.8. The first kappa shape index (κ1) is 17.5. The van der Waals surface area contributed by atoms with Crippen LogP contribution in [0.1, 0.15) is 10.4 Å². The molecule has 0 bridgehead atoms. The van der Waals surface area contributed by atoms with Crippen LogP contribution in [0.15, 0.2) is 47.4 Å². The Bertz CT molecular complexity index is 978. The molecular weight excluding hydrogens is 344 g/mol. The molecule has 3 rings (SSSR count). The molecule has 1 aromatic carbocycles. The Kier molecular flexibility index (Phi) is 4.87. The molecule has 0 fully saturated rings. The van der Waals surface area contributed by atoms with Crippen LogP contribution in [-0.4, -0.2) is 31.8 Å². The molecule has 2 aromatic heterocycles. The number of nitrogens with one attached hydrogen (secondary N) is 1. The number of carbonyl (C=O) groups is 1. The summed E-state index contributed by atoms with van der Waals surface area (Å²) in [7, 11) is 1.56. The van der Waals surface area contributed by atoms with E-state index in [0.29, 0.717) is 11.5 Å². The molecule has 9 heteroatoms. The fraction of sp³-hybridized carbons (Fsp3) is 0.176. The fourth-order valence-electron chi connectivity index (χ4n) is 2.43.